The summed E-state index contributed by atoms with van der Waals surface area (Å²) in [6, 6.07) is 9.14. The van der Waals surface area contributed by atoms with Crippen LogP contribution < -0.4 is 4.74 Å². The Morgan fingerprint density at radius 3 is 2.42 bits per heavy atom. The highest BCUT2D eigenvalue weighted by atomic mass is 127. The lowest BCUT2D eigenvalue weighted by Crippen LogP contribution is -2.00. The van der Waals surface area contributed by atoms with E-state index in [1.54, 1.807) is 24.3 Å². The zero-order chi connectivity index (χ0) is 8.97. The van der Waals surface area contributed by atoms with Gasteiger partial charge in [-0.1, -0.05) is 0 Å². The summed E-state index contributed by atoms with van der Waals surface area (Å²) in [6.45, 7) is 1.96. The summed E-state index contributed by atoms with van der Waals surface area (Å²) in [5, 5.41) is 8.52. The maximum absolute atomic E-state index is 8.52. The molecule has 2 nitrogen and oxygen atoms in total. The molecular formula is C9H8INO. The van der Waals surface area contributed by atoms with E-state index in [9.17, 15) is 0 Å². The van der Waals surface area contributed by atoms with Gasteiger partial charge >= 0.3 is 0 Å². The molecule has 1 unspecified atom stereocenters. The molecule has 62 valence electrons. The second-order valence-corrected chi connectivity index (χ2v) is 4.05. The highest BCUT2D eigenvalue weighted by Gasteiger charge is 1.97. The molecule has 0 radical (unpaired) electrons. The molecule has 3 heteroatoms. The van der Waals surface area contributed by atoms with Crippen LogP contribution in [0, 0.1) is 11.3 Å². The third-order valence-corrected chi connectivity index (χ3v) is 1.54. The molecule has 0 heterocycles. The number of halogens is 1. The molecular weight excluding hydrogens is 265 g/mol. The summed E-state index contributed by atoms with van der Waals surface area (Å²) in [5.74, 6) is 0.802. The molecule has 1 aromatic carbocycles. The maximum atomic E-state index is 8.52. The maximum Gasteiger partial charge on any atom is 0.146 e. The van der Waals surface area contributed by atoms with Gasteiger partial charge in [0.2, 0.25) is 0 Å². The van der Waals surface area contributed by atoms with Crippen molar-refractivity contribution in [2.24, 2.45) is 0 Å². The molecule has 1 rings (SSSR count). The molecule has 1 atom stereocenters. The number of ether oxygens (including phenoxy) is 1. The van der Waals surface area contributed by atoms with E-state index in [1.807, 2.05) is 6.92 Å². The van der Waals surface area contributed by atoms with Crippen molar-refractivity contribution in [3.63, 3.8) is 0 Å². The smallest absolute Gasteiger partial charge is 0.146 e. The predicted molar refractivity (Wildman–Crippen MR) is 55.3 cm³/mol. The van der Waals surface area contributed by atoms with Crippen molar-refractivity contribution < 1.29 is 4.74 Å². The topological polar surface area (TPSA) is 33.0 Å². The second kappa shape index (κ2) is 4.31. The Labute approximate surface area is 85.3 Å². The molecule has 1 aromatic rings. The average molecular weight is 273 g/mol. The van der Waals surface area contributed by atoms with Gasteiger partial charge in [0.15, 0.2) is 0 Å². The van der Waals surface area contributed by atoms with Gasteiger partial charge < -0.3 is 4.74 Å². The van der Waals surface area contributed by atoms with Crippen LogP contribution >= 0.6 is 22.6 Å². The first-order valence-electron chi connectivity index (χ1n) is 3.53. The quantitative estimate of drug-likeness (QED) is 0.613. The van der Waals surface area contributed by atoms with Gasteiger partial charge in [-0.15, -0.1) is 0 Å². The van der Waals surface area contributed by atoms with E-state index in [2.05, 4.69) is 28.7 Å². The average Bonchev–Trinajstić information content (AvgIpc) is 2.05. The molecule has 0 aliphatic heterocycles. The molecule has 0 aliphatic rings. The first kappa shape index (κ1) is 9.33. The number of nitrogens with zero attached hydrogens (tertiary/aromatic N) is 1. The zero-order valence-electron chi connectivity index (χ0n) is 6.62. The van der Waals surface area contributed by atoms with E-state index in [1.165, 1.54) is 0 Å². The molecule has 0 spiro atoms. The minimum atomic E-state index is 0.149. The Bertz CT molecular complexity index is 286. The lowest BCUT2D eigenvalue weighted by Gasteiger charge is -2.06. The van der Waals surface area contributed by atoms with Crippen LogP contribution in [0.15, 0.2) is 24.3 Å². The second-order valence-electron chi connectivity index (χ2n) is 2.30. The van der Waals surface area contributed by atoms with Gasteiger partial charge in [-0.05, 0) is 53.8 Å². The number of alkyl halides is 1. The van der Waals surface area contributed by atoms with Crippen LogP contribution in [0.3, 0.4) is 0 Å². The lowest BCUT2D eigenvalue weighted by molar-refractivity contribution is 0.322. The van der Waals surface area contributed by atoms with Crippen LogP contribution in [-0.2, 0) is 0 Å². The Balaban J connectivity index is 2.73. The summed E-state index contributed by atoms with van der Waals surface area (Å²) in [5.41, 5.74) is 0.656. The number of hydrogen-bond donors (Lipinski definition) is 0. The van der Waals surface area contributed by atoms with Crippen LogP contribution in [0.2, 0.25) is 0 Å². The standard InChI is InChI=1S/C9H8INO/c1-7(10)12-9-4-2-8(6-11)3-5-9/h2-5,7H,1H3. The van der Waals surface area contributed by atoms with Crippen LogP contribution in [0.1, 0.15) is 12.5 Å². The van der Waals surface area contributed by atoms with E-state index in [0.717, 1.165) is 5.75 Å². The Hall–Kier alpha value is -0.760. The van der Waals surface area contributed by atoms with Crippen molar-refractivity contribution in [1.29, 1.82) is 5.26 Å². The van der Waals surface area contributed by atoms with Crippen molar-refractivity contribution in [2.45, 2.75) is 11.0 Å². The predicted octanol–water partition coefficient (Wildman–Crippen LogP) is 2.72. The molecule has 0 aromatic heterocycles. The SMILES string of the molecule is CC(I)Oc1ccc(C#N)cc1. The highest BCUT2D eigenvalue weighted by molar-refractivity contribution is 14.1. The molecule has 0 amide bonds. The van der Waals surface area contributed by atoms with Gasteiger partial charge in [-0.3, -0.25) is 0 Å². The Kier molecular flexibility index (Phi) is 3.35. The summed E-state index contributed by atoms with van der Waals surface area (Å²) in [4.78, 5) is 0. The fourth-order valence-electron chi connectivity index (χ4n) is 0.796. The highest BCUT2D eigenvalue weighted by Crippen LogP contribution is 2.15. The van der Waals surface area contributed by atoms with Gasteiger partial charge in [0.05, 0.1) is 11.6 Å². The summed E-state index contributed by atoms with van der Waals surface area (Å²) in [7, 11) is 0. The lowest BCUT2D eigenvalue weighted by atomic mass is 10.2. The van der Waals surface area contributed by atoms with E-state index in [-0.39, 0.29) is 4.11 Å². The van der Waals surface area contributed by atoms with Crippen LogP contribution in [-0.4, -0.2) is 4.11 Å². The van der Waals surface area contributed by atoms with Crippen LogP contribution in [0.4, 0.5) is 0 Å². The Morgan fingerprint density at radius 1 is 1.42 bits per heavy atom. The van der Waals surface area contributed by atoms with Crippen molar-refractivity contribution in [3.8, 4) is 11.8 Å². The van der Waals surface area contributed by atoms with Gasteiger partial charge in [-0.25, -0.2) is 0 Å². The van der Waals surface area contributed by atoms with Crippen molar-refractivity contribution in [3.05, 3.63) is 29.8 Å². The van der Waals surface area contributed by atoms with Gasteiger partial charge in [0.25, 0.3) is 0 Å². The zero-order valence-corrected chi connectivity index (χ0v) is 8.78. The molecule has 0 fully saturated rings. The van der Waals surface area contributed by atoms with Crippen molar-refractivity contribution >= 4 is 22.6 Å². The minimum absolute atomic E-state index is 0.149. The molecule has 0 saturated carbocycles. The molecule has 0 bridgehead atoms. The first-order chi connectivity index (χ1) is 5.72. The fraction of sp³-hybridized carbons (Fsp3) is 0.222. The summed E-state index contributed by atoms with van der Waals surface area (Å²) < 4.78 is 5.54. The third kappa shape index (κ3) is 2.70. The summed E-state index contributed by atoms with van der Waals surface area (Å²) in [6.07, 6.45) is 0. The van der Waals surface area contributed by atoms with Gasteiger partial charge in [0, 0.05) is 0 Å². The van der Waals surface area contributed by atoms with E-state index in [0.29, 0.717) is 5.56 Å². The number of hydrogen-bond acceptors (Lipinski definition) is 2. The molecule has 0 aliphatic carbocycles. The largest absolute Gasteiger partial charge is 0.480 e. The summed E-state index contributed by atoms with van der Waals surface area (Å²) >= 11 is 2.18. The molecule has 12 heavy (non-hydrogen) atoms. The van der Waals surface area contributed by atoms with E-state index < -0.39 is 0 Å². The normalized spacial score (nSPS) is 11.8. The number of rotatable bonds is 2. The minimum Gasteiger partial charge on any atom is -0.480 e. The van der Waals surface area contributed by atoms with Gasteiger partial charge in [-0.2, -0.15) is 5.26 Å². The molecule has 0 saturated heterocycles. The number of benzene rings is 1. The van der Waals surface area contributed by atoms with Crippen LogP contribution in [0.5, 0.6) is 5.75 Å². The van der Waals surface area contributed by atoms with Gasteiger partial charge in [0.1, 0.15) is 9.86 Å². The first-order valence-corrected chi connectivity index (χ1v) is 4.78. The van der Waals surface area contributed by atoms with E-state index >= 15 is 0 Å². The van der Waals surface area contributed by atoms with Crippen molar-refractivity contribution in [1.82, 2.24) is 0 Å². The van der Waals surface area contributed by atoms with Crippen LogP contribution in [0.25, 0.3) is 0 Å². The molecule has 0 N–H and O–H groups in total. The van der Waals surface area contributed by atoms with Crippen molar-refractivity contribution in [2.75, 3.05) is 0 Å². The number of nitriles is 1. The monoisotopic (exact) mass is 273 g/mol. The van der Waals surface area contributed by atoms with E-state index in [4.69, 9.17) is 10.00 Å². The Morgan fingerprint density at radius 2 is 2.00 bits per heavy atom. The fourth-order valence-corrected chi connectivity index (χ4v) is 1.09. The third-order valence-electron chi connectivity index (χ3n) is 1.28.